The van der Waals surface area contributed by atoms with Gasteiger partial charge >= 0.3 is 11.9 Å². The lowest BCUT2D eigenvalue weighted by Crippen LogP contribution is -2.48. The second kappa shape index (κ2) is 8.76. The normalized spacial score (nSPS) is 13.7. The molecule has 5 N–H and O–H groups in total. The smallest absolute Gasteiger partial charge is 0.326 e. The molecular formula is C10H18N2O5S. The summed E-state index contributed by atoms with van der Waals surface area (Å²) in [5.74, 6) is -2.20. The number of carboxylic acids is 2. The van der Waals surface area contributed by atoms with Crippen LogP contribution in [-0.2, 0) is 14.4 Å². The van der Waals surface area contributed by atoms with E-state index in [0.29, 0.717) is 12.2 Å². The molecule has 0 aliphatic rings. The van der Waals surface area contributed by atoms with Gasteiger partial charge in [-0.2, -0.15) is 11.8 Å². The number of carbonyl (C=O) groups excluding carboxylic acids is 1. The number of rotatable bonds is 9. The van der Waals surface area contributed by atoms with Gasteiger partial charge in [0.15, 0.2) is 0 Å². The molecule has 0 rings (SSSR count). The first-order chi connectivity index (χ1) is 8.38. The Hall–Kier alpha value is -1.28. The minimum atomic E-state index is -1.12. The van der Waals surface area contributed by atoms with Gasteiger partial charge in [-0.3, -0.25) is 9.59 Å². The molecule has 7 nitrogen and oxygen atoms in total. The van der Waals surface area contributed by atoms with E-state index in [1.54, 1.807) is 0 Å². The van der Waals surface area contributed by atoms with E-state index in [9.17, 15) is 14.4 Å². The van der Waals surface area contributed by atoms with Crippen LogP contribution < -0.4 is 11.1 Å². The maximum Gasteiger partial charge on any atom is 0.326 e. The number of aliphatic carboxylic acids is 2. The fraction of sp³-hybridized carbons (Fsp3) is 0.700. The SMILES string of the molecule is CSCC[C@H](NC(=O)[C@H](N)CCC(=O)O)C(=O)O. The number of amides is 1. The molecule has 0 aromatic heterocycles. The van der Waals surface area contributed by atoms with Crippen molar-refractivity contribution in [3.05, 3.63) is 0 Å². The molecule has 0 unspecified atom stereocenters. The maximum atomic E-state index is 11.5. The summed E-state index contributed by atoms with van der Waals surface area (Å²) in [6.45, 7) is 0. The second-order valence-corrected chi connectivity index (χ2v) is 4.71. The van der Waals surface area contributed by atoms with Gasteiger partial charge in [0, 0.05) is 6.42 Å². The van der Waals surface area contributed by atoms with Crippen LogP contribution in [0.25, 0.3) is 0 Å². The Morgan fingerprint density at radius 2 is 1.89 bits per heavy atom. The van der Waals surface area contributed by atoms with Crippen LogP contribution in [0.2, 0.25) is 0 Å². The number of thioether (sulfide) groups is 1. The van der Waals surface area contributed by atoms with Crippen molar-refractivity contribution in [1.82, 2.24) is 5.32 Å². The average Bonchev–Trinajstić information content (AvgIpc) is 2.30. The first-order valence-corrected chi connectivity index (χ1v) is 6.77. The van der Waals surface area contributed by atoms with Gasteiger partial charge in [0.25, 0.3) is 0 Å². The summed E-state index contributed by atoms with van der Waals surface area (Å²) in [6.07, 6.45) is 1.89. The van der Waals surface area contributed by atoms with Crippen molar-refractivity contribution in [3.63, 3.8) is 0 Å². The summed E-state index contributed by atoms with van der Waals surface area (Å²) in [6, 6.07) is -1.99. The molecule has 0 bridgehead atoms. The molecule has 0 saturated carbocycles. The Bertz CT molecular complexity index is 311. The molecular weight excluding hydrogens is 260 g/mol. The average molecular weight is 278 g/mol. The van der Waals surface area contributed by atoms with Gasteiger partial charge in [-0.25, -0.2) is 4.79 Å². The lowest BCUT2D eigenvalue weighted by atomic mass is 10.1. The molecule has 0 aromatic rings. The molecule has 0 fully saturated rings. The van der Waals surface area contributed by atoms with Crippen LogP contribution in [0.1, 0.15) is 19.3 Å². The second-order valence-electron chi connectivity index (χ2n) is 3.72. The molecule has 1 amide bonds. The molecule has 0 heterocycles. The van der Waals surface area contributed by atoms with E-state index in [1.165, 1.54) is 11.8 Å². The van der Waals surface area contributed by atoms with Gasteiger partial charge in [-0.1, -0.05) is 0 Å². The Labute approximate surface area is 109 Å². The highest BCUT2D eigenvalue weighted by Gasteiger charge is 2.23. The minimum absolute atomic E-state index is 0.0178. The Kier molecular flexibility index (Phi) is 8.14. The number of carboxylic acid groups (broad SMARTS) is 2. The molecule has 0 aliphatic heterocycles. The van der Waals surface area contributed by atoms with Crippen LogP contribution in [0.3, 0.4) is 0 Å². The van der Waals surface area contributed by atoms with Crippen LogP contribution in [-0.4, -0.2) is 52.2 Å². The van der Waals surface area contributed by atoms with E-state index < -0.39 is 29.9 Å². The van der Waals surface area contributed by atoms with Gasteiger partial charge in [-0.05, 0) is 24.9 Å². The minimum Gasteiger partial charge on any atom is -0.481 e. The van der Waals surface area contributed by atoms with E-state index >= 15 is 0 Å². The van der Waals surface area contributed by atoms with Gasteiger partial charge in [0.2, 0.25) is 5.91 Å². The van der Waals surface area contributed by atoms with Gasteiger partial charge in [0.1, 0.15) is 6.04 Å². The third kappa shape index (κ3) is 7.13. The van der Waals surface area contributed by atoms with E-state index in [1.807, 2.05) is 6.26 Å². The number of hydrogen-bond donors (Lipinski definition) is 4. The first-order valence-electron chi connectivity index (χ1n) is 5.38. The predicted octanol–water partition coefficient (Wildman–Crippen LogP) is -0.499. The zero-order valence-electron chi connectivity index (χ0n) is 10.1. The van der Waals surface area contributed by atoms with Crippen molar-refractivity contribution in [1.29, 1.82) is 0 Å². The molecule has 0 spiro atoms. The highest BCUT2D eigenvalue weighted by molar-refractivity contribution is 7.98. The van der Waals surface area contributed by atoms with E-state index in [4.69, 9.17) is 15.9 Å². The highest BCUT2D eigenvalue weighted by Crippen LogP contribution is 2.02. The predicted molar refractivity (Wildman–Crippen MR) is 67.4 cm³/mol. The summed E-state index contributed by atoms with van der Waals surface area (Å²) in [7, 11) is 0. The van der Waals surface area contributed by atoms with E-state index in [0.717, 1.165) is 0 Å². The Morgan fingerprint density at radius 3 is 2.33 bits per heavy atom. The number of nitrogens with one attached hydrogen (secondary N) is 1. The van der Waals surface area contributed by atoms with Crippen LogP contribution in [0.4, 0.5) is 0 Å². The topological polar surface area (TPSA) is 130 Å². The van der Waals surface area contributed by atoms with Crippen LogP contribution >= 0.6 is 11.8 Å². The number of carbonyl (C=O) groups is 3. The van der Waals surface area contributed by atoms with Crippen molar-refractivity contribution < 1.29 is 24.6 Å². The van der Waals surface area contributed by atoms with Crippen molar-refractivity contribution in [2.45, 2.75) is 31.3 Å². The molecule has 0 radical (unpaired) electrons. The monoisotopic (exact) mass is 278 g/mol. The quantitative estimate of drug-likeness (QED) is 0.447. The molecule has 18 heavy (non-hydrogen) atoms. The number of hydrogen-bond acceptors (Lipinski definition) is 5. The third-order valence-corrected chi connectivity index (χ3v) is 2.88. The highest BCUT2D eigenvalue weighted by atomic mass is 32.2. The molecule has 0 aliphatic carbocycles. The molecule has 0 aromatic carbocycles. The molecule has 8 heteroatoms. The summed E-state index contributed by atoms with van der Waals surface area (Å²) in [5.41, 5.74) is 5.47. The summed E-state index contributed by atoms with van der Waals surface area (Å²) in [4.78, 5) is 32.7. The van der Waals surface area contributed by atoms with E-state index in [-0.39, 0.29) is 12.8 Å². The fourth-order valence-corrected chi connectivity index (χ4v) is 1.65. The largest absolute Gasteiger partial charge is 0.481 e. The van der Waals surface area contributed by atoms with Gasteiger partial charge in [-0.15, -0.1) is 0 Å². The number of nitrogens with two attached hydrogens (primary N) is 1. The Balaban J connectivity index is 4.22. The zero-order chi connectivity index (χ0) is 14.1. The molecule has 104 valence electrons. The van der Waals surface area contributed by atoms with Gasteiger partial charge in [0.05, 0.1) is 6.04 Å². The maximum absolute atomic E-state index is 11.5. The Morgan fingerprint density at radius 1 is 1.28 bits per heavy atom. The zero-order valence-corrected chi connectivity index (χ0v) is 10.9. The molecule has 2 atom stereocenters. The van der Waals surface area contributed by atoms with Crippen molar-refractivity contribution in [2.24, 2.45) is 5.73 Å². The lowest BCUT2D eigenvalue weighted by molar-refractivity contribution is -0.142. The lowest BCUT2D eigenvalue weighted by Gasteiger charge is -2.17. The standard InChI is InChI=1S/C10H18N2O5S/c1-18-5-4-7(10(16)17)12-9(15)6(11)2-3-8(13)14/h6-7H,2-5,11H2,1H3,(H,12,15)(H,13,14)(H,16,17)/t6-,7+/m1/s1. The van der Waals surface area contributed by atoms with E-state index in [2.05, 4.69) is 5.32 Å². The van der Waals surface area contributed by atoms with Crippen LogP contribution in [0.15, 0.2) is 0 Å². The van der Waals surface area contributed by atoms with Crippen LogP contribution in [0.5, 0.6) is 0 Å². The third-order valence-electron chi connectivity index (χ3n) is 2.23. The summed E-state index contributed by atoms with van der Waals surface area (Å²) in [5, 5.41) is 19.6. The van der Waals surface area contributed by atoms with Crippen molar-refractivity contribution in [3.8, 4) is 0 Å². The molecule has 0 saturated heterocycles. The van der Waals surface area contributed by atoms with Gasteiger partial charge < -0.3 is 21.3 Å². The van der Waals surface area contributed by atoms with Crippen LogP contribution in [0, 0.1) is 0 Å². The van der Waals surface area contributed by atoms with Crippen molar-refractivity contribution in [2.75, 3.05) is 12.0 Å². The first kappa shape index (κ1) is 16.7. The van der Waals surface area contributed by atoms with Crippen molar-refractivity contribution >= 4 is 29.6 Å². The fourth-order valence-electron chi connectivity index (χ4n) is 1.18. The summed E-state index contributed by atoms with van der Waals surface area (Å²) >= 11 is 1.47. The summed E-state index contributed by atoms with van der Waals surface area (Å²) < 4.78 is 0.